The number of Topliss-reactive ketones (excluding diaryl/α,β-unsaturated/α-hetero) is 1. The third-order valence-corrected chi connectivity index (χ3v) is 2.92. The quantitative estimate of drug-likeness (QED) is 0.605. The Bertz CT molecular complexity index is 341. The minimum absolute atomic E-state index is 0.0276. The van der Waals surface area contributed by atoms with Crippen LogP contribution in [0.1, 0.15) is 12.8 Å². The zero-order valence-electron chi connectivity index (χ0n) is 6.70. The molecule has 0 heterocycles. The van der Waals surface area contributed by atoms with Gasteiger partial charge in [0.15, 0.2) is 0 Å². The Labute approximate surface area is 71.1 Å². The lowest BCUT2D eigenvalue weighted by atomic mass is 9.70. The highest BCUT2D eigenvalue weighted by Gasteiger charge is 2.46. The monoisotopic (exact) mass is 187 g/mol. The van der Waals surface area contributed by atoms with Crippen LogP contribution in [0.4, 0.5) is 0 Å². The molecule has 1 saturated carbocycles. The van der Waals surface area contributed by atoms with Crippen molar-refractivity contribution in [2.75, 3.05) is 12.0 Å². The van der Waals surface area contributed by atoms with Crippen LogP contribution in [0, 0.1) is 16.7 Å². The second-order valence-corrected chi connectivity index (χ2v) is 5.49. The smallest absolute Gasteiger partial charge is 0.149 e. The van der Waals surface area contributed by atoms with Crippen LogP contribution in [0.25, 0.3) is 0 Å². The van der Waals surface area contributed by atoms with Crippen molar-refractivity contribution in [2.24, 2.45) is 5.41 Å². The van der Waals surface area contributed by atoms with Crippen molar-refractivity contribution in [3.63, 3.8) is 0 Å². The standard InChI is InChI=1S/C7H9NO3S/c1-12(10,11)5-7(4-8)2-6(9)3-7/h2-3,5H2,1H3. The highest BCUT2D eigenvalue weighted by molar-refractivity contribution is 7.90. The van der Waals surface area contributed by atoms with Gasteiger partial charge in [0.25, 0.3) is 0 Å². The Hall–Kier alpha value is -0.890. The first-order valence-corrected chi connectivity index (χ1v) is 5.54. The van der Waals surface area contributed by atoms with Crippen molar-refractivity contribution < 1.29 is 13.2 Å². The van der Waals surface area contributed by atoms with E-state index in [1.165, 1.54) is 0 Å². The van der Waals surface area contributed by atoms with Crippen molar-refractivity contribution in [1.29, 1.82) is 5.26 Å². The first-order chi connectivity index (χ1) is 5.37. The number of sulfone groups is 1. The fourth-order valence-corrected chi connectivity index (χ4v) is 2.69. The molecule has 66 valence electrons. The minimum atomic E-state index is -3.15. The third-order valence-electron chi connectivity index (χ3n) is 1.85. The maximum Gasteiger partial charge on any atom is 0.149 e. The van der Waals surface area contributed by atoms with E-state index in [1.807, 2.05) is 6.07 Å². The van der Waals surface area contributed by atoms with E-state index >= 15 is 0 Å². The van der Waals surface area contributed by atoms with Gasteiger partial charge in [0.2, 0.25) is 0 Å². The first kappa shape index (κ1) is 9.20. The third kappa shape index (κ3) is 1.83. The second-order valence-electron chi connectivity index (χ2n) is 3.35. The Balaban J connectivity index is 2.75. The summed E-state index contributed by atoms with van der Waals surface area (Å²) in [5.41, 5.74) is -0.912. The molecule has 1 aliphatic rings. The first-order valence-electron chi connectivity index (χ1n) is 3.48. The SMILES string of the molecule is CS(=O)(=O)CC1(C#N)CC(=O)C1. The summed E-state index contributed by atoms with van der Waals surface area (Å²) >= 11 is 0. The summed E-state index contributed by atoms with van der Waals surface area (Å²) in [6.45, 7) is 0. The molecular weight excluding hydrogens is 178 g/mol. The lowest BCUT2D eigenvalue weighted by Gasteiger charge is -2.32. The lowest BCUT2D eigenvalue weighted by Crippen LogP contribution is -2.41. The maximum atomic E-state index is 10.8. The van der Waals surface area contributed by atoms with Crippen LogP contribution in [0.5, 0.6) is 0 Å². The van der Waals surface area contributed by atoms with E-state index in [0.717, 1.165) is 6.26 Å². The normalized spacial score (nSPS) is 21.2. The van der Waals surface area contributed by atoms with Crippen LogP contribution in [-0.4, -0.2) is 26.2 Å². The topological polar surface area (TPSA) is 75.0 Å². The summed E-state index contributed by atoms with van der Waals surface area (Å²) in [4.78, 5) is 10.6. The van der Waals surface area contributed by atoms with Gasteiger partial charge in [-0.15, -0.1) is 0 Å². The predicted molar refractivity (Wildman–Crippen MR) is 42.0 cm³/mol. The van der Waals surface area contributed by atoms with Gasteiger partial charge in [-0.1, -0.05) is 0 Å². The molecule has 1 fully saturated rings. The molecule has 0 N–H and O–H groups in total. The van der Waals surface area contributed by atoms with E-state index < -0.39 is 15.3 Å². The zero-order valence-corrected chi connectivity index (χ0v) is 7.52. The molecule has 1 rings (SSSR count). The zero-order chi connectivity index (χ0) is 9.41. The number of ketones is 1. The van der Waals surface area contributed by atoms with Gasteiger partial charge in [-0.2, -0.15) is 5.26 Å². The number of carbonyl (C=O) groups excluding carboxylic acids is 1. The van der Waals surface area contributed by atoms with Crippen LogP contribution >= 0.6 is 0 Å². The highest BCUT2D eigenvalue weighted by Crippen LogP contribution is 2.38. The lowest BCUT2D eigenvalue weighted by molar-refractivity contribution is -0.128. The van der Waals surface area contributed by atoms with Crippen LogP contribution in [0.3, 0.4) is 0 Å². The van der Waals surface area contributed by atoms with Crippen molar-refractivity contribution in [1.82, 2.24) is 0 Å². The van der Waals surface area contributed by atoms with Crippen LogP contribution in [0.15, 0.2) is 0 Å². The van der Waals surface area contributed by atoms with E-state index in [4.69, 9.17) is 5.26 Å². The van der Waals surface area contributed by atoms with Gasteiger partial charge in [0.05, 0.1) is 17.2 Å². The van der Waals surface area contributed by atoms with Crippen molar-refractivity contribution in [2.45, 2.75) is 12.8 Å². The fraction of sp³-hybridized carbons (Fsp3) is 0.714. The summed E-state index contributed by atoms with van der Waals surface area (Å²) in [6, 6.07) is 1.90. The number of rotatable bonds is 2. The van der Waals surface area contributed by atoms with Crippen molar-refractivity contribution >= 4 is 15.6 Å². The van der Waals surface area contributed by atoms with Gasteiger partial charge in [-0.3, -0.25) is 4.79 Å². The van der Waals surface area contributed by atoms with Gasteiger partial charge >= 0.3 is 0 Å². The molecular formula is C7H9NO3S. The Morgan fingerprint density at radius 3 is 2.33 bits per heavy atom. The van der Waals surface area contributed by atoms with Crippen LogP contribution < -0.4 is 0 Å². The minimum Gasteiger partial charge on any atom is -0.300 e. The van der Waals surface area contributed by atoms with Gasteiger partial charge in [-0.25, -0.2) is 8.42 Å². The van der Waals surface area contributed by atoms with Gasteiger partial charge in [-0.05, 0) is 0 Å². The van der Waals surface area contributed by atoms with E-state index in [1.54, 1.807) is 0 Å². The van der Waals surface area contributed by atoms with Gasteiger partial charge in [0.1, 0.15) is 15.6 Å². The van der Waals surface area contributed by atoms with E-state index in [9.17, 15) is 13.2 Å². The van der Waals surface area contributed by atoms with E-state index in [2.05, 4.69) is 0 Å². The van der Waals surface area contributed by atoms with Crippen molar-refractivity contribution in [3.8, 4) is 6.07 Å². The average Bonchev–Trinajstić information content (AvgIpc) is 1.80. The van der Waals surface area contributed by atoms with E-state index in [0.29, 0.717) is 0 Å². The summed E-state index contributed by atoms with van der Waals surface area (Å²) in [7, 11) is -3.15. The molecule has 0 aromatic rings. The Morgan fingerprint density at radius 2 is 2.08 bits per heavy atom. The molecule has 0 aliphatic heterocycles. The average molecular weight is 187 g/mol. The molecule has 0 spiro atoms. The molecule has 0 atom stereocenters. The molecule has 1 aliphatic carbocycles. The molecule has 0 amide bonds. The number of carbonyl (C=O) groups is 1. The van der Waals surface area contributed by atoms with Crippen LogP contribution in [0.2, 0.25) is 0 Å². The van der Waals surface area contributed by atoms with Crippen molar-refractivity contribution in [3.05, 3.63) is 0 Å². The number of nitrogens with zero attached hydrogens (tertiary/aromatic N) is 1. The molecule has 0 unspecified atom stereocenters. The van der Waals surface area contributed by atoms with Crippen LogP contribution in [-0.2, 0) is 14.6 Å². The molecule has 4 nitrogen and oxygen atoms in total. The molecule has 0 radical (unpaired) electrons. The molecule has 0 saturated heterocycles. The molecule has 0 bridgehead atoms. The summed E-state index contributed by atoms with van der Waals surface area (Å²) < 4.78 is 21.7. The summed E-state index contributed by atoms with van der Waals surface area (Å²) in [5.74, 6) is -0.220. The highest BCUT2D eigenvalue weighted by atomic mass is 32.2. The number of hydrogen-bond acceptors (Lipinski definition) is 4. The van der Waals surface area contributed by atoms with E-state index in [-0.39, 0.29) is 24.4 Å². The summed E-state index contributed by atoms with van der Waals surface area (Å²) in [5, 5.41) is 8.65. The maximum absolute atomic E-state index is 10.8. The molecule has 12 heavy (non-hydrogen) atoms. The second kappa shape index (κ2) is 2.56. The molecule has 0 aromatic heterocycles. The Morgan fingerprint density at radius 1 is 1.58 bits per heavy atom. The van der Waals surface area contributed by atoms with Gasteiger partial charge < -0.3 is 0 Å². The van der Waals surface area contributed by atoms with Gasteiger partial charge in [0, 0.05) is 19.1 Å². The predicted octanol–water partition coefficient (Wildman–Crippen LogP) is -0.0961. The molecule has 0 aromatic carbocycles. The number of nitriles is 1. The summed E-state index contributed by atoms with van der Waals surface area (Å²) in [6.07, 6.45) is 1.27. The number of hydrogen-bond donors (Lipinski definition) is 0. The fourth-order valence-electron chi connectivity index (χ4n) is 1.42. The molecule has 5 heteroatoms. The Kier molecular flexibility index (Phi) is 1.96. The largest absolute Gasteiger partial charge is 0.300 e.